The smallest absolute Gasteiger partial charge is 0.394 e. The predicted molar refractivity (Wildman–Crippen MR) is 221 cm³/mol. The van der Waals surface area contributed by atoms with Gasteiger partial charge in [-0.15, -0.1) is 9.35 Å². The standard InChI is InChI=1S/C35H69N6O19P3/c36-13-7-1-4-10-33(44)39-21-30(43)18-27(39)24-55-62(49,50)59-58-32-20-29(41(23-32)35(46)12-6-3-9-15-38)26-56-63(51,52)60-57-31-19-28(25-54-61(47,48)53-17-16-42)40(22-31)34(45)11-5-2-8-14-37/h27-32,42-43H,1-26,36-38H2,(H,47,48)(H,49,50)(H,51,52)/t27-,28-,29-,30+,31+,32+/m0/s1. The normalized spacial score (nSPS) is 25.6. The maximum Gasteiger partial charge on any atom is 0.499 e. The van der Waals surface area contributed by atoms with Gasteiger partial charge < -0.3 is 56.8 Å². The van der Waals surface area contributed by atoms with E-state index in [1.54, 1.807) is 0 Å². The summed E-state index contributed by atoms with van der Waals surface area (Å²) in [5.74, 6) is -0.942. The molecule has 3 aliphatic rings. The fourth-order valence-corrected chi connectivity index (χ4v) is 9.41. The number of likely N-dealkylation sites (tertiary alicyclic amines) is 3. The first kappa shape index (κ1) is 55.8. The van der Waals surface area contributed by atoms with Gasteiger partial charge in [-0.05, 0) is 64.6 Å². The van der Waals surface area contributed by atoms with Gasteiger partial charge in [-0.2, -0.15) is 0 Å². The Hall–Kier alpha value is -1.54. The number of hydrogen-bond acceptors (Lipinski definition) is 19. The second-order valence-corrected chi connectivity index (χ2v) is 19.8. The summed E-state index contributed by atoms with van der Waals surface area (Å²) in [6.45, 7) is -1.34. The van der Waals surface area contributed by atoms with Gasteiger partial charge in [0.15, 0.2) is 0 Å². The minimum Gasteiger partial charge on any atom is -0.394 e. The van der Waals surface area contributed by atoms with Crippen LogP contribution in [0.15, 0.2) is 0 Å². The monoisotopic (exact) mass is 970 g/mol. The molecule has 0 aliphatic carbocycles. The van der Waals surface area contributed by atoms with E-state index in [9.17, 15) is 47.9 Å². The van der Waals surface area contributed by atoms with E-state index in [-0.39, 0.29) is 75.9 Å². The zero-order chi connectivity index (χ0) is 46.5. The van der Waals surface area contributed by atoms with E-state index >= 15 is 0 Å². The average molecular weight is 971 g/mol. The van der Waals surface area contributed by atoms with Gasteiger partial charge in [0.25, 0.3) is 0 Å². The van der Waals surface area contributed by atoms with Gasteiger partial charge >= 0.3 is 23.5 Å². The van der Waals surface area contributed by atoms with Crippen molar-refractivity contribution >= 4 is 41.2 Å². The molecular weight excluding hydrogens is 901 g/mol. The summed E-state index contributed by atoms with van der Waals surface area (Å²) in [7, 11) is -14.5. The van der Waals surface area contributed by atoms with Gasteiger partial charge in [-0.1, -0.05) is 19.3 Å². The number of nitrogens with two attached hydrogens (primary N) is 3. The number of rotatable bonds is 33. The van der Waals surface area contributed by atoms with E-state index in [1.807, 2.05) is 0 Å². The lowest BCUT2D eigenvalue weighted by atomic mass is 10.1. The molecule has 0 aromatic carbocycles. The largest absolute Gasteiger partial charge is 0.499 e. The first-order valence-corrected chi connectivity index (χ1v) is 26.0. The fraction of sp³-hybridized carbons (Fsp3) is 0.914. The van der Waals surface area contributed by atoms with Crippen molar-refractivity contribution < 1.29 is 90.2 Å². The molecule has 3 saturated heterocycles. The number of unbranched alkanes of at least 4 members (excludes halogenated alkanes) is 6. The minimum atomic E-state index is -5.01. The van der Waals surface area contributed by atoms with Crippen molar-refractivity contribution in [3.05, 3.63) is 0 Å². The zero-order valence-electron chi connectivity index (χ0n) is 35.7. The highest BCUT2D eigenvalue weighted by atomic mass is 31.2. The summed E-state index contributed by atoms with van der Waals surface area (Å²) in [6.07, 6.45) is 3.42. The molecule has 9 atom stereocenters. The van der Waals surface area contributed by atoms with Crippen molar-refractivity contribution in [1.29, 1.82) is 0 Å². The van der Waals surface area contributed by atoms with Crippen LogP contribution in [-0.4, -0.2) is 166 Å². The molecule has 0 bridgehead atoms. The van der Waals surface area contributed by atoms with Crippen LogP contribution in [-0.2, 0) is 65.3 Å². The molecule has 0 saturated carbocycles. The number of aliphatic hydroxyl groups is 2. The van der Waals surface area contributed by atoms with E-state index in [0.717, 1.165) is 12.8 Å². The van der Waals surface area contributed by atoms with Crippen LogP contribution in [0.4, 0.5) is 0 Å². The lowest BCUT2D eigenvalue weighted by molar-refractivity contribution is -0.257. The summed E-state index contributed by atoms with van der Waals surface area (Å²) >= 11 is 0. The second kappa shape index (κ2) is 28.6. The first-order chi connectivity index (χ1) is 29.9. The molecule has 368 valence electrons. The number of β-amino-alcohol motifs (C(OH)–C–C–N with tert-alkyl or cyclic N) is 1. The maximum atomic E-state index is 13.3. The van der Waals surface area contributed by atoms with Gasteiger partial charge in [0.05, 0.1) is 70.4 Å². The van der Waals surface area contributed by atoms with Gasteiger partial charge in [-0.25, -0.2) is 23.5 Å². The van der Waals surface area contributed by atoms with Gasteiger partial charge in [0.1, 0.15) is 12.2 Å². The molecule has 28 heteroatoms. The van der Waals surface area contributed by atoms with E-state index in [0.29, 0.717) is 64.6 Å². The van der Waals surface area contributed by atoms with E-state index in [1.165, 1.54) is 14.7 Å². The lowest BCUT2D eigenvalue weighted by Gasteiger charge is -2.25. The molecular formula is C35H69N6O19P3. The van der Waals surface area contributed by atoms with Crippen molar-refractivity contribution in [3.63, 3.8) is 0 Å². The van der Waals surface area contributed by atoms with Crippen LogP contribution in [0.3, 0.4) is 0 Å². The minimum absolute atomic E-state index is 0.0443. The number of phosphoric ester groups is 3. The number of carbonyl (C=O) groups excluding carboxylic acids is 3. The van der Waals surface area contributed by atoms with Gasteiger partial charge in [0.2, 0.25) is 17.7 Å². The van der Waals surface area contributed by atoms with Crippen LogP contribution < -0.4 is 17.2 Å². The molecule has 3 aliphatic heterocycles. The number of carbonyl (C=O) groups is 3. The Morgan fingerprint density at radius 3 is 1.27 bits per heavy atom. The molecule has 25 nitrogen and oxygen atoms in total. The molecule has 0 aromatic heterocycles. The van der Waals surface area contributed by atoms with E-state index in [4.69, 9.17) is 55.0 Å². The SMILES string of the molecule is NCCCCCC(=O)N1C[C@H](O)C[C@H]1COP(=O)(O)OO[C@@H]1C[C@@H](COP(=O)(O)OO[C@@H]2C[C@@H](COP(=O)(O)OCCO)N(C(=O)CCCCCN)C2)N(C(=O)CCCCCN)C1. The number of aliphatic hydroxyl groups excluding tert-OH is 2. The summed E-state index contributed by atoms with van der Waals surface area (Å²) in [5.41, 5.74) is 16.6. The van der Waals surface area contributed by atoms with Crippen LogP contribution >= 0.6 is 23.5 Å². The second-order valence-electron chi connectivity index (χ2n) is 15.7. The molecule has 0 aromatic rings. The summed E-state index contributed by atoms with van der Waals surface area (Å²) in [6, 6.07) is -2.43. The summed E-state index contributed by atoms with van der Waals surface area (Å²) < 4.78 is 67.8. The lowest BCUT2D eigenvalue weighted by Crippen LogP contribution is -2.38. The van der Waals surface area contributed by atoms with Crippen molar-refractivity contribution in [3.8, 4) is 0 Å². The van der Waals surface area contributed by atoms with Crippen LogP contribution in [0.25, 0.3) is 0 Å². The van der Waals surface area contributed by atoms with Crippen LogP contribution in [0.2, 0.25) is 0 Å². The Morgan fingerprint density at radius 2 is 0.889 bits per heavy atom. The Labute approximate surface area is 367 Å². The first-order valence-electron chi connectivity index (χ1n) is 21.5. The van der Waals surface area contributed by atoms with Crippen LogP contribution in [0.1, 0.15) is 96.3 Å². The highest BCUT2D eigenvalue weighted by Gasteiger charge is 2.43. The third-order valence-electron chi connectivity index (χ3n) is 10.6. The molecule has 0 radical (unpaired) electrons. The van der Waals surface area contributed by atoms with Crippen molar-refractivity contribution in [2.75, 3.05) is 72.3 Å². The van der Waals surface area contributed by atoms with Crippen molar-refractivity contribution in [2.45, 2.75) is 133 Å². The topological polar surface area (TPSA) is 365 Å². The molecule has 3 heterocycles. The van der Waals surface area contributed by atoms with Crippen molar-refractivity contribution in [1.82, 2.24) is 14.7 Å². The van der Waals surface area contributed by atoms with Crippen LogP contribution in [0.5, 0.6) is 0 Å². The maximum absolute atomic E-state index is 13.3. The Morgan fingerprint density at radius 1 is 0.524 bits per heavy atom. The third kappa shape index (κ3) is 20.9. The van der Waals surface area contributed by atoms with Crippen LogP contribution in [0, 0.1) is 0 Å². The van der Waals surface area contributed by atoms with E-state index < -0.39 is 92.9 Å². The molecule has 3 amide bonds. The number of phosphoric acid groups is 3. The van der Waals surface area contributed by atoms with Gasteiger partial charge in [-0.3, -0.25) is 32.5 Å². The Kier molecular flexibility index (Phi) is 25.3. The Bertz CT molecular complexity index is 1540. The molecule has 3 fully saturated rings. The number of nitrogens with zero attached hydrogens (tertiary/aromatic N) is 3. The van der Waals surface area contributed by atoms with Crippen molar-refractivity contribution in [2.24, 2.45) is 17.2 Å². The highest BCUT2D eigenvalue weighted by Crippen LogP contribution is 2.48. The number of hydrogen-bond donors (Lipinski definition) is 8. The molecule has 63 heavy (non-hydrogen) atoms. The predicted octanol–water partition coefficient (Wildman–Crippen LogP) is 0.701. The molecule has 11 N–H and O–H groups in total. The molecule has 3 unspecified atom stereocenters. The average Bonchev–Trinajstić information content (AvgIpc) is 3.97. The highest BCUT2D eigenvalue weighted by molar-refractivity contribution is 7.47. The number of amides is 3. The molecule has 0 spiro atoms. The fourth-order valence-electron chi connectivity index (χ4n) is 7.40. The third-order valence-corrected chi connectivity index (χ3v) is 13.1. The zero-order valence-corrected chi connectivity index (χ0v) is 38.4. The van der Waals surface area contributed by atoms with E-state index in [2.05, 4.69) is 4.52 Å². The molecule has 3 rings (SSSR count). The quantitative estimate of drug-likeness (QED) is 0.0194. The summed E-state index contributed by atoms with van der Waals surface area (Å²) in [5, 5.41) is 19.1. The summed E-state index contributed by atoms with van der Waals surface area (Å²) in [4.78, 5) is 84.7. The Balaban J connectivity index is 1.58. The van der Waals surface area contributed by atoms with Gasteiger partial charge in [0, 0.05) is 38.6 Å².